The lowest BCUT2D eigenvalue weighted by atomic mass is 10.2. The minimum absolute atomic E-state index is 0.132. The first-order chi connectivity index (χ1) is 15.2. The largest absolute Gasteiger partial charge is 0.493 e. The number of nitrogens with zero attached hydrogens (tertiary/aromatic N) is 3. The Balaban J connectivity index is 1.35. The lowest BCUT2D eigenvalue weighted by molar-refractivity contribution is -0.121. The Labute approximate surface area is 179 Å². The zero-order valence-electron chi connectivity index (χ0n) is 17.1. The number of carbonyl (C=O) groups excluding carboxylic acids is 1. The van der Waals surface area contributed by atoms with Gasteiger partial charge in [-0.25, -0.2) is 10.4 Å². The second-order valence-corrected chi connectivity index (χ2v) is 6.84. The fourth-order valence-electron chi connectivity index (χ4n) is 3.12. The van der Waals surface area contributed by atoms with E-state index in [2.05, 4.69) is 15.5 Å². The Morgan fingerprint density at radius 3 is 2.71 bits per heavy atom. The van der Waals surface area contributed by atoms with Gasteiger partial charge < -0.3 is 14.0 Å². The summed E-state index contributed by atoms with van der Waals surface area (Å²) in [7, 11) is 1.59. The molecule has 1 N–H and O–H groups in total. The van der Waals surface area contributed by atoms with Crippen LogP contribution in [0.25, 0.3) is 11.0 Å². The molecule has 0 aliphatic carbocycles. The molecule has 3 aromatic carbocycles. The van der Waals surface area contributed by atoms with Crippen LogP contribution in [0.2, 0.25) is 0 Å². The molecule has 0 unspecified atom stereocenters. The van der Waals surface area contributed by atoms with Crippen molar-refractivity contribution in [3.8, 4) is 11.5 Å². The third-order valence-electron chi connectivity index (χ3n) is 4.67. The summed E-state index contributed by atoms with van der Waals surface area (Å²) in [6.07, 6.45) is 3.21. The molecular formula is C24H22N4O3. The minimum atomic E-state index is -0.241. The van der Waals surface area contributed by atoms with Crippen molar-refractivity contribution < 1.29 is 14.3 Å². The lowest BCUT2D eigenvalue weighted by Crippen LogP contribution is -2.22. The van der Waals surface area contributed by atoms with E-state index in [1.165, 1.54) is 0 Å². The molecule has 0 aliphatic rings. The number of amides is 1. The van der Waals surface area contributed by atoms with Crippen LogP contribution in [-0.4, -0.2) is 28.8 Å². The molecule has 7 heteroatoms. The van der Waals surface area contributed by atoms with Crippen molar-refractivity contribution in [2.24, 2.45) is 5.10 Å². The molecule has 0 bridgehead atoms. The highest BCUT2D eigenvalue weighted by atomic mass is 16.5. The van der Waals surface area contributed by atoms with E-state index in [0.29, 0.717) is 18.1 Å². The number of hydrazone groups is 1. The van der Waals surface area contributed by atoms with Crippen LogP contribution in [0.15, 0.2) is 84.2 Å². The van der Waals surface area contributed by atoms with Crippen molar-refractivity contribution in [1.82, 2.24) is 15.0 Å². The predicted molar refractivity (Wildman–Crippen MR) is 119 cm³/mol. The fraction of sp³-hybridized carbons (Fsp3) is 0.125. The van der Waals surface area contributed by atoms with Gasteiger partial charge in [0.1, 0.15) is 13.2 Å². The van der Waals surface area contributed by atoms with Crippen molar-refractivity contribution >= 4 is 23.2 Å². The summed E-state index contributed by atoms with van der Waals surface area (Å²) in [5, 5.41) is 4.05. The first-order valence-electron chi connectivity index (χ1n) is 9.79. The number of methoxy groups -OCH3 is 1. The van der Waals surface area contributed by atoms with Crippen LogP contribution in [0.1, 0.15) is 11.1 Å². The normalized spacial score (nSPS) is 11.0. The van der Waals surface area contributed by atoms with Crippen LogP contribution in [0.4, 0.5) is 0 Å². The highest BCUT2D eigenvalue weighted by Crippen LogP contribution is 2.28. The maximum Gasteiger partial charge on any atom is 0.260 e. The summed E-state index contributed by atoms with van der Waals surface area (Å²) in [6, 6.07) is 23.0. The molecule has 1 amide bonds. The Morgan fingerprint density at radius 2 is 1.87 bits per heavy atom. The monoisotopic (exact) mass is 414 g/mol. The van der Waals surface area contributed by atoms with Gasteiger partial charge in [-0.1, -0.05) is 42.5 Å². The SMILES string of the molecule is COc1cc(/C=N\NC(=O)Cn2cnc3ccccc32)ccc1OCc1ccccc1. The summed E-state index contributed by atoms with van der Waals surface area (Å²) in [5.74, 6) is 0.991. The van der Waals surface area contributed by atoms with Crippen LogP contribution >= 0.6 is 0 Å². The third kappa shape index (κ3) is 5.08. The van der Waals surface area contributed by atoms with Gasteiger partial charge >= 0.3 is 0 Å². The third-order valence-corrected chi connectivity index (χ3v) is 4.67. The summed E-state index contributed by atoms with van der Waals surface area (Å²) in [4.78, 5) is 16.5. The number of nitrogens with one attached hydrogen (secondary N) is 1. The van der Waals surface area contributed by atoms with Crippen LogP contribution < -0.4 is 14.9 Å². The number of aromatic nitrogens is 2. The number of benzene rings is 3. The number of para-hydroxylation sites is 2. The van der Waals surface area contributed by atoms with E-state index >= 15 is 0 Å². The Kier molecular flexibility index (Phi) is 6.23. The molecule has 4 rings (SSSR count). The number of imidazole rings is 1. The molecule has 1 heterocycles. The molecule has 0 radical (unpaired) electrons. The Morgan fingerprint density at radius 1 is 1.06 bits per heavy atom. The van der Waals surface area contributed by atoms with Crippen LogP contribution in [-0.2, 0) is 17.9 Å². The van der Waals surface area contributed by atoms with Gasteiger partial charge in [-0.15, -0.1) is 0 Å². The number of hydrogen-bond acceptors (Lipinski definition) is 5. The lowest BCUT2D eigenvalue weighted by Gasteiger charge is -2.11. The molecule has 0 aliphatic heterocycles. The molecular weight excluding hydrogens is 392 g/mol. The molecule has 0 saturated carbocycles. The molecule has 7 nitrogen and oxygen atoms in total. The van der Waals surface area contributed by atoms with E-state index in [-0.39, 0.29) is 12.5 Å². The van der Waals surface area contributed by atoms with E-state index in [4.69, 9.17) is 9.47 Å². The number of rotatable bonds is 8. The average molecular weight is 414 g/mol. The van der Waals surface area contributed by atoms with E-state index in [0.717, 1.165) is 22.2 Å². The predicted octanol–water partition coefficient (Wildman–Crippen LogP) is 3.77. The van der Waals surface area contributed by atoms with Gasteiger partial charge in [0.15, 0.2) is 11.5 Å². The van der Waals surface area contributed by atoms with Crippen molar-refractivity contribution in [2.75, 3.05) is 7.11 Å². The molecule has 0 atom stereocenters. The number of hydrogen-bond donors (Lipinski definition) is 1. The van der Waals surface area contributed by atoms with Gasteiger partial charge in [0, 0.05) is 0 Å². The van der Waals surface area contributed by atoms with Gasteiger partial charge in [0.25, 0.3) is 5.91 Å². The van der Waals surface area contributed by atoms with Gasteiger partial charge in [-0.05, 0) is 41.5 Å². The van der Waals surface area contributed by atoms with Crippen molar-refractivity contribution in [3.05, 3.63) is 90.3 Å². The molecule has 4 aromatic rings. The van der Waals surface area contributed by atoms with Gasteiger partial charge in [0.2, 0.25) is 0 Å². The molecule has 0 saturated heterocycles. The fourth-order valence-corrected chi connectivity index (χ4v) is 3.12. The van der Waals surface area contributed by atoms with Crippen molar-refractivity contribution in [1.29, 1.82) is 0 Å². The van der Waals surface area contributed by atoms with Gasteiger partial charge in [-0.3, -0.25) is 4.79 Å². The van der Waals surface area contributed by atoms with E-state index in [9.17, 15) is 4.79 Å². The number of fused-ring (bicyclic) bond motifs is 1. The van der Waals surface area contributed by atoms with Crippen LogP contribution in [0.3, 0.4) is 0 Å². The van der Waals surface area contributed by atoms with E-state index in [1.807, 2.05) is 66.7 Å². The molecule has 156 valence electrons. The molecule has 0 fully saturated rings. The summed E-state index contributed by atoms with van der Waals surface area (Å²) < 4.78 is 13.1. The molecule has 1 aromatic heterocycles. The Hall–Kier alpha value is -4.13. The van der Waals surface area contributed by atoms with Crippen molar-refractivity contribution in [2.45, 2.75) is 13.2 Å². The number of ether oxygens (including phenoxy) is 2. The first kappa shape index (κ1) is 20.2. The summed E-state index contributed by atoms with van der Waals surface area (Å²) in [6.45, 7) is 0.580. The standard InChI is InChI=1S/C24H22N4O3/c1-30-23-13-19(11-12-22(23)31-16-18-7-3-2-4-8-18)14-26-27-24(29)15-28-17-25-20-9-5-6-10-21(20)28/h2-14,17H,15-16H2,1H3,(H,27,29)/b26-14-. The zero-order chi connectivity index (χ0) is 21.5. The highest BCUT2D eigenvalue weighted by Gasteiger charge is 2.07. The quantitative estimate of drug-likeness (QED) is 0.352. The smallest absolute Gasteiger partial charge is 0.260 e. The topological polar surface area (TPSA) is 77.7 Å². The van der Waals surface area contributed by atoms with E-state index in [1.54, 1.807) is 30.3 Å². The van der Waals surface area contributed by atoms with Crippen LogP contribution in [0.5, 0.6) is 11.5 Å². The molecule has 0 spiro atoms. The average Bonchev–Trinajstić information content (AvgIpc) is 3.21. The number of carbonyl (C=O) groups is 1. The van der Waals surface area contributed by atoms with Gasteiger partial charge in [-0.2, -0.15) is 5.10 Å². The summed E-state index contributed by atoms with van der Waals surface area (Å²) in [5.41, 5.74) is 6.14. The first-order valence-corrected chi connectivity index (χ1v) is 9.79. The van der Waals surface area contributed by atoms with Crippen molar-refractivity contribution in [3.63, 3.8) is 0 Å². The molecule has 31 heavy (non-hydrogen) atoms. The minimum Gasteiger partial charge on any atom is -0.493 e. The highest BCUT2D eigenvalue weighted by molar-refractivity contribution is 5.84. The second-order valence-electron chi connectivity index (χ2n) is 6.84. The second kappa shape index (κ2) is 9.58. The zero-order valence-corrected chi connectivity index (χ0v) is 17.1. The van der Waals surface area contributed by atoms with Crippen LogP contribution in [0, 0.1) is 0 Å². The van der Waals surface area contributed by atoms with E-state index < -0.39 is 0 Å². The maximum absolute atomic E-state index is 12.2. The Bertz CT molecular complexity index is 1200. The summed E-state index contributed by atoms with van der Waals surface area (Å²) >= 11 is 0. The van der Waals surface area contributed by atoms with Gasteiger partial charge in [0.05, 0.1) is 30.7 Å². The maximum atomic E-state index is 12.2.